The van der Waals surface area contributed by atoms with Crippen LogP contribution in [-0.4, -0.2) is 19.5 Å². The molecule has 0 spiro atoms. The van der Waals surface area contributed by atoms with Gasteiger partial charge in [0.05, 0.1) is 33.6 Å². The van der Waals surface area contributed by atoms with E-state index in [1.165, 1.54) is 16.3 Å². The molecule has 0 N–H and O–H groups in total. The molecule has 4 nitrogen and oxygen atoms in total. The predicted octanol–water partition coefficient (Wildman–Crippen LogP) is 11.9. The zero-order valence-corrected chi connectivity index (χ0v) is 27.6. The second kappa shape index (κ2) is 11.9. The summed E-state index contributed by atoms with van der Waals surface area (Å²) in [5.41, 5.74) is 11.3. The zero-order chi connectivity index (χ0) is 33.7. The number of rotatable bonds is 5. The molecular formula is C47H30N4. The Hall–Kier alpha value is -6.91. The molecule has 0 saturated heterocycles. The van der Waals surface area contributed by atoms with Crippen molar-refractivity contribution in [1.82, 2.24) is 19.5 Å². The molecule has 0 aliphatic heterocycles. The fraction of sp³-hybridized carbons (Fsp3) is 0. The number of nitrogens with zero attached hydrogens (tertiary/aromatic N) is 4. The molecule has 3 heterocycles. The van der Waals surface area contributed by atoms with E-state index in [0.717, 1.165) is 72.2 Å². The molecule has 238 valence electrons. The highest BCUT2D eigenvalue weighted by molar-refractivity contribution is 6.27. The van der Waals surface area contributed by atoms with Gasteiger partial charge in [0, 0.05) is 54.9 Å². The summed E-state index contributed by atoms with van der Waals surface area (Å²) >= 11 is 0. The van der Waals surface area contributed by atoms with Crippen LogP contribution in [0.25, 0.3) is 94.3 Å². The van der Waals surface area contributed by atoms with Crippen LogP contribution in [0.15, 0.2) is 182 Å². The third kappa shape index (κ3) is 4.88. The van der Waals surface area contributed by atoms with Gasteiger partial charge in [-0.25, -0.2) is 15.0 Å². The van der Waals surface area contributed by atoms with Crippen molar-refractivity contribution in [2.75, 3.05) is 0 Å². The van der Waals surface area contributed by atoms with E-state index in [2.05, 4.69) is 162 Å². The Kier molecular flexibility index (Phi) is 6.78. The van der Waals surface area contributed by atoms with Gasteiger partial charge in [-0.3, -0.25) is 0 Å². The van der Waals surface area contributed by atoms with E-state index in [9.17, 15) is 0 Å². The minimum absolute atomic E-state index is 0.706. The van der Waals surface area contributed by atoms with Crippen molar-refractivity contribution in [2.45, 2.75) is 0 Å². The summed E-state index contributed by atoms with van der Waals surface area (Å²) in [5.74, 6) is 0.706. The first-order valence-corrected chi connectivity index (χ1v) is 17.2. The predicted molar refractivity (Wildman–Crippen MR) is 211 cm³/mol. The van der Waals surface area contributed by atoms with Gasteiger partial charge in [-0.05, 0) is 36.4 Å². The maximum absolute atomic E-state index is 5.23. The molecule has 10 rings (SSSR count). The quantitative estimate of drug-likeness (QED) is 0.174. The van der Waals surface area contributed by atoms with E-state index in [-0.39, 0.29) is 0 Å². The Morgan fingerprint density at radius 2 is 0.961 bits per heavy atom. The molecule has 0 radical (unpaired) electrons. The molecule has 0 saturated carbocycles. The van der Waals surface area contributed by atoms with Crippen LogP contribution in [0.2, 0.25) is 0 Å². The maximum Gasteiger partial charge on any atom is 0.160 e. The van der Waals surface area contributed by atoms with Gasteiger partial charge in [0.25, 0.3) is 0 Å². The van der Waals surface area contributed by atoms with Crippen LogP contribution in [0, 0.1) is 0 Å². The lowest BCUT2D eigenvalue weighted by Crippen LogP contribution is -1.97. The normalized spacial score (nSPS) is 11.5. The first-order valence-electron chi connectivity index (χ1n) is 17.2. The van der Waals surface area contributed by atoms with Crippen LogP contribution in [0.4, 0.5) is 0 Å². The number of benzene rings is 7. The Morgan fingerprint density at radius 1 is 0.373 bits per heavy atom. The van der Waals surface area contributed by atoms with Gasteiger partial charge in [0.15, 0.2) is 5.82 Å². The number of para-hydroxylation sites is 2. The second-order valence-electron chi connectivity index (χ2n) is 12.8. The number of pyridine rings is 1. The van der Waals surface area contributed by atoms with Crippen LogP contribution in [0.3, 0.4) is 0 Å². The van der Waals surface area contributed by atoms with Crippen molar-refractivity contribution in [2.24, 2.45) is 0 Å². The topological polar surface area (TPSA) is 43.6 Å². The van der Waals surface area contributed by atoms with Crippen LogP contribution < -0.4 is 0 Å². The second-order valence-corrected chi connectivity index (χ2v) is 12.8. The lowest BCUT2D eigenvalue weighted by molar-refractivity contribution is 1.18. The largest absolute Gasteiger partial charge is 0.309 e. The number of hydrogen-bond acceptors (Lipinski definition) is 3. The number of fused-ring (bicyclic) bond motifs is 7. The molecular weight excluding hydrogens is 621 g/mol. The van der Waals surface area contributed by atoms with Gasteiger partial charge < -0.3 is 4.57 Å². The first-order chi connectivity index (χ1) is 25.3. The Labute approximate surface area is 295 Å². The average Bonchev–Trinajstić information content (AvgIpc) is 3.55. The molecule has 0 aliphatic carbocycles. The number of hydrogen-bond donors (Lipinski definition) is 0. The third-order valence-electron chi connectivity index (χ3n) is 9.77. The summed E-state index contributed by atoms with van der Waals surface area (Å²) in [4.78, 5) is 15.4. The summed E-state index contributed by atoms with van der Waals surface area (Å²) in [6.45, 7) is 0. The highest BCUT2D eigenvalue weighted by Gasteiger charge is 2.21. The van der Waals surface area contributed by atoms with E-state index in [1.54, 1.807) is 0 Å². The van der Waals surface area contributed by atoms with Gasteiger partial charge in [0.1, 0.15) is 0 Å². The first kappa shape index (κ1) is 29.0. The van der Waals surface area contributed by atoms with E-state index in [4.69, 9.17) is 15.0 Å². The summed E-state index contributed by atoms with van der Waals surface area (Å²) in [7, 11) is 0. The van der Waals surface area contributed by atoms with E-state index < -0.39 is 0 Å². The van der Waals surface area contributed by atoms with Crippen molar-refractivity contribution in [3.8, 4) is 50.8 Å². The van der Waals surface area contributed by atoms with Crippen LogP contribution in [0.1, 0.15) is 0 Å². The molecule has 10 aromatic rings. The van der Waals surface area contributed by atoms with E-state index >= 15 is 0 Å². The van der Waals surface area contributed by atoms with Crippen molar-refractivity contribution >= 4 is 43.5 Å². The van der Waals surface area contributed by atoms with Crippen molar-refractivity contribution in [3.05, 3.63) is 182 Å². The van der Waals surface area contributed by atoms with E-state index in [1.807, 2.05) is 24.3 Å². The summed E-state index contributed by atoms with van der Waals surface area (Å²) < 4.78 is 2.42. The monoisotopic (exact) mass is 650 g/mol. The standard InChI is InChI=1S/C47H30N4/c1-5-15-31(16-6-1)41-30-42(50-47(49-41)33-19-9-3-10-20-33)34-25-28-43-39(29-34)36-26-27-38-44(46(36)51(43)35-21-11-4-12-22-35)37-23-13-14-24-40(37)48-45(38)32-17-7-2-8-18-32/h1-30H. The third-order valence-corrected chi connectivity index (χ3v) is 9.77. The summed E-state index contributed by atoms with van der Waals surface area (Å²) in [6, 6.07) is 63.7. The summed E-state index contributed by atoms with van der Waals surface area (Å²) in [6.07, 6.45) is 0. The minimum Gasteiger partial charge on any atom is -0.309 e. The molecule has 0 atom stereocenters. The molecule has 3 aromatic heterocycles. The van der Waals surface area contributed by atoms with Gasteiger partial charge in [0.2, 0.25) is 0 Å². The molecule has 7 aromatic carbocycles. The Bertz CT molecular complexity index is 2820. The molecule has 4 heteroatoms. The molecule has 0 amide bonds. The van der Waals surface area contributed by atoms with Crippen molar-refractivity contribution in [1.29, 1.82) is 0 Å². The van der Waals surface area contributed by atoms with Gasteiger partial charge in [-0.2, -0.15) is 0 Å². The Morgan fingerprint density at radius 3 is 1.69 bits per heavy atom. The van der Waals surface area contributed by atoms with Crippen LogP contribution >= 0.6 is 0 Å². The summed E-state index contributed by atoms with van der Waals surface area (Å²) in [5, 5.41) is 5.80. The molecule has 0 fully saturated rings. The smallest absolute Gasteiger partial charge is 0.160 e. The van der Waals surface area contributed by atoms with Crippen molar-refractivity contribution < 1.29 is 0 Å². The zero-order valence-electron chi connectivity index (χ0n) is 27.6. The van der Waals surface area contributed by atoms with Crippen LogP contribution in [0.5, 0.6) is 0 Å². The van der Waals surface area contributed by atoms with Gasteiger partial charge in [-0.15, -0.1) is 0 Å². The minimum atomic E-state index is 0.706. The van der Waals surface area contributed by atoms with Gasteiger partial charge >= 0.3 is 0 Å². The Balaban J connectivity index is 1.30. The van der Waals surface area contributed by atoms with Crippen molar-refractivity contribution in [3.63, 3.8) is 0 Å². The van der Waals surface area contributed by atoms with Gasteiger partial charge in [-0.1, -0.05) is 146 Å². The highest BCUT2D eigenvalue weighted by Crippen LogP contribution is 2.43. The maximum atomic E-state index is 5.23. The SMILES string of the molecule is c1ccc(-c2cc(-c3ccc4c(c3)c3ccc5c(-c6ccccc6)nc6ccccc6c5c3n4-c3ccccc3)nc(-c3ccccc3)n2)cc1. The number of aromatic nitrogens is 4. The molecule has 0 aliphatic rings. The molecule has 51 heavy (non-hydrogen) atoms. The van der Waals surface area contributed by atoms with E-state index in [0.29, 0.717) is 5.82 Å². The lowest BCUT2D eigenvalue weighted by Gasteiger charge is -2.14. The lowest BCUT2D eigenvalue weighted by atomic mass is 9.97. The average molecular weight is 651 g/mol. The fourth-order valence-electron chi connectivity index (χ4n) is 7.43. The molecule has 0 bridgehead atoms. The fourth-order valence-corrected chi connectivity index (χ4v) is 7.43. The highest BCUT2D eigenvalue weighted by atomic mass is 15.0. The molecule has 0 unspecified atom stereocenters. The van der Waals surface area contributed by atoms with Crippen LogP contribution in [-0.2, 0) is 0 Å².